The van der Waals surface area contributed by atoms with E-state index >= 15 is 0 Å². The summed E-state index contributed by atoms with van der Waals surface area (Å²) in [4.78, 5) is 15.5. The highest BCUT2D eigenvalue weighted by atomic mass is 35.5. The lowest BCUT2D eigenvalue weighted by Crippen LogP contribution is -2.23. The third-order valence-corrected chi connectivity index (χ3v) is 5.68. The number of hydrogen-bond acceptors (Lipinski definition) is 5. The summed E-state index contributed by atoms with van der Waals surface area (Å²) in [5.41, 5.74) is 4.73. The maximum atomic E-state index is 9.84. The van der Waals surface area contributed by atoms with Crippen molar-refractivity contribution in [1.82, 2.24) is 19.5 Å². The van der Waals surface area contributed by atoms with E-state index in [0.29, 0.717) is 11.7 Å². The smallest absolute Gasteiger partial charge is 0.150 e. The highest BCUT2D eigenvalue weighted by Crippen LogP contribution is 2.36. The zero-order valence-corrected chi connectivity index (χ0v) is 16.7. The first kappa shape index (κ1) is 18.1. The first-order valence-electron chi connectivity index (χ1n) is 9.59. The van der Waals surface area contributed by atoms with Crippen LogP contribution < -0.4 is 4.90 Å². The van der Waals surface area contributed by atoms with Crippen LogP contribution >= 0.6 is 11.6 Å². The number of β-amino-alcohol motifs (C(OH)–C–C–N with tert-alkyl or cyclic N) is 1. The molecule has 0 radical (unpaired) electrons. The van der Waals surface area contributed by atoms with Crippen LogP contribution in [0.15, 0.2) is 55.1 Å². The molecule has 1 atom stereocenters. The second-order valence-electron chi connectivity index (χ2n) is 7.36. The van der Waals surface area contributed by atoms with Crippen LogP contribution in [-0.4, -0.2) is 43.8 Å². The molecule has 29 heavy (non-hydrogen) atoms. The molecule has 1 aliphatic heterocycles. The van der Waals surface area contributed by atoms with E-state index < -0.39 is 0 Å². The van der Waals surface area contributed by atoms with E-state index in [4.69, 9.17) is 16.6 Å². The molecule has 3 aromatic heterocycles. The Morgan fingerprint density at radius 2 is 1.97 bits per heavy atom. The van der Waals surface area contributed by atoms with Gasteiger partial charge >= 0.3 is 0 Å². The molecule has 0 saturated carbocycles. The number of rotatable bonds is 3. The summed E-state index contributed by atoms with van der Waals surface area (Å²) in [5, 5.41) is 11.1. The lowest BCUT2D eigenvalue weighted by molar-refractivity contribution is 0.198. The fourth-order valence-electron chi connectivity index (χ4n) is 4.01. The number of nitrogens with zero attached hydrogens (tertiary/aromatic N) is 5. The average Bonchev–Trinajstić information content (AvgIpc) is 3.33. The maximum Gasteiger partial charge on any atom is 0.150 e. The fraction of sp³-hybridized carbons (Fsp3) is 0.227. The molecule has 7 heteroatoms. The minimum Gasteiger partial charge on any atom is -0.391 e. The Morgan fingerprint density at radius 3 is 2.69 bits per heavy atom. The van der Waals surface area contributed by atoms with Crippen LogP contribution in [0.3, 0.4) is 0 Å². The Morgan fingerprint density at radius 1 is 1.14 bits per heavy atom. The molecule has 146 valence electrons. The molecule has 4 heterocycles. The largest absolute Gasteiger partial charge is 0.391 e. The first-order valence-corrected chi connectivity index (χ1v) is 9.96. The Balaban J connectivity index is 1.65. The number of aliphatic hydroxyl groups is 1. The number of hydrogen-bond donors (Lipinski definition) is 1. The number of aryl methyl sites for hydroxylation is 1. The van der Waals surface area contributed by atoms with Gasteiger partial charge in [-0.2, -0.15) is 0 Å². The molecular weight excluding hydrogens is 386 g/mol. The van der Waals surface area contributed by atoms with Crippen LogP contribution in [-0.2, 0) is 0 Å². The minimum absolute atomic E-state index is 0.282. The summed E-state index contributed by atoms with van der Waals surface area (Å²) in [7, 11) is 0. The van der Waals surface area contributed by atoms with Crippen LogP contribution in [0.2, 0.25) is 5.15 Å². The van der Waals surface area contributed by atoms with Crippen molar-refractivity contribution in [2.45, 2.75) is 19.4 Å². The van der Waals surface area contributed by atoms with Crippen LogP contribution in [0.4, 0.5) is 5.82 Å². The van der Waals surface area contributed by atoms with Crippen molar-refractivity contribution in [3.8, 4) is 16.8 Å². The van der Waals surface area contributed by atoms with Crippen molar-refractivity contribution >= 4 is 28.5 Å². The van der Waals surface area contributed by atoms with Gasteiger partial charge in [0.1, 0.15) is 22.9 Å². The summed E-state index contributed by atoms with van der Waals surface area (Å²) in [5.74, 6) is 0.916. The topological polar surface area (TPSA) is 67.1 Å². The third kappa shape index (κ3) is 3.14. The van der Waals surface area contributed by atoms with Gasteiger partial charge in [-0.3, -0.25) is 0 Å². The van der Waals surface area contributed by atoms with E-state index in [-0.39, 0.29) is 6.10 Å². The van der Waals surface area contributed by atoms with Gasteiger partial charge in [-0.1, -0.05) is 29.8 Å². The molecule has 5 rings (SSSR count). The van der Waals surface area contributed by atoms with Crippen molar-refractivity contribution in [3.63, 3.8) is 0 Å². The van der Waals surface area contributed by atoms with Gasteiger partial charge in [0.05, 0.1) is 11.5 Å². The number of benzene rings is 1. The highest BCUT2D eigenvalue weighted by Gasteiger charge is 2.23. The molecule has 4 aromatic rings. The molecule has 1 fully saturated rings. The van der Waals surface area contributed by atoms with Gasteiger partial charge in [0.2, 0.25) is 0 Å². The fourth-order valence-corrected chi connectivity index (χ4v) is 4.24. The van der Waals surface area contributed by atoms with E-state index in [1.54, 1.807) is 0 Å². The average molecular weight is 406 g/mol. The predicted molar refractivity (Wildman–Crippen MR) is 115 cm³/mol. The molecule has 1 N–H and O–H groups in total. The van der Waals surface area contributed by atoms with Crippen LogP contribution in [0.1, 0.15) is 12.0 Å². The summed E-state index contributed by atoms with van der Waals surface area (Å²) < 4.78 is 2.03. The molecule has 1 aromatic carbocycles. The maximum absolute atomic E-state index is 9.84. The minimum atomic E-state index is -0.282. The van der Waals surface area contributed by atoms with Gasteiger partial charge in [-0.15, -0.1) is 0 Å². The monoisotopic (exact) mass is 405 g/mol. The van der Waals surface area contributed by atoms with Crippen molar-refractivity contribution < 1.29 is 5.11 Å². The number of aliphatic hydroxyl groups excluding tert-OH is 1. The summed E-state index contributed by atoms with van der Waals surface area (Å²) in [6, 6.07) is 12.2. The number of para-hydroxylation sites is 1. The van der Waals surface area contributed by atoms with Gasteiger partial charge in [0.15, 0.2) is 0 Å². The third-order valence-electron chi connectivity index (χ3n) is 5.40. The van der Waals surface area contributed by atoms with Crippen molar-refractivity contribution in [1.29, 1.82) is 0 Å². The molecular formula is C22H20ClN5O. The normalized spacial score (nSPS) is 16.7. The lowest BCUT2D eigenvalue weighted by atomic mass is 10.1. The number of anilines is 1. The second kappa shape index (κ2) is 7.13. The van der Waals surface area contributed by atoms with Gasteiger partial charge in [-0.25, -0.2) is 15.0 Å². The lowest BCUT2D eigenvalue weighted by Gasteiger charge is -2.19. The van der Waals surface area contributed by atoms with E-state index in [1.165, 1.54) is 6.33 Å². The highest BCUT2D eigenvalue weighted by molar-refractivity contribution is 6.35. The summed E-state index contributed by atoms with van der Waals surface area (Å²) in [6.07, 6.45) is 5.88. The van der Waals surface area contributed by atoms with Crippen LogP contribution in [0.25, 0.3) is 27.8 Å². The standard InChI is InChI=1S/C22H20ClN5O/c1-14-9-15(10-24-21(14)27-8-7-17(29)11-27)18-12-28(16-5-3-2-4-6-16)22-19(18)20(23)25-13-26-22/h2-6,9-10,12-13,17,29H,7-8,11H2,1H3/t17-/m0/s1. The zero-order valence-electron chi connectivity index (χ0n) is 16.0. The Bertz CT molecular complexity index is 1190. The number of fused-ring (bicyclic) bond motifs is 1. The van der Waals surface area contributed by atoms with E-state index in [0.717, 1.165) is 52.2 Å². The molecule has 0 spiro atoms. The molecule has 0 aliphatic carbocycles. The molecule has 0 unspecified atom stereocenters. The van der Waals surface area contributed by atoms with Gasteiger partial charge < -0.3 is 14.6 Å². The Labute approximate surface area is 173 Å². The predicted octanol–water partition coefficient (Wildman–Crippen LogP) is 4.02. The van der Waals surface area contributed by atoms with Gasteiger partial charge in [0, 0.05) is 42.3 Å². The van der Waals surface area contributed by atoms with Crippen LogP contribution in [0, 0.1) is 6.92 Å². The Hall–Kier alpha value is -2.96. The molecule has 0 bridgehead atoms. The van der Waals surface area contributed by atoms with Crippen LogP contribution in [0.5, 0.6) is 0 Å². The molecule has 1 aliphatic rings. The Kier molecular flexibility index (Phi) is 4.45. The first-order chi connectivity index (χ1) is 14.1. The number of halogens is 1. The second-order valence-corrected chi connectivity index (χ2v) is 7.72. The molecule has 1 saturated heterocycles. The molecule has 6 nitrogen and oxygen atoms in total. The van der Waals surface area contributed by atoms with Crippen molar-refractivity contribution in [2.24, 2.45) is 0 Å². The number of aromatic nitrogens is 4. The van der Waals surface area contributed by atoms with E-state index in [1.807, 2.05) is 54.2 Å². The van der Waals surface area contributed by atoms with E-state index in [9.17, 15) is 5.11 Å². The van der Waals surface area contributed by atoms with Crippen molar-refractivity contribution in [2.75, 3.05) is 18.0 Å². The SMILES string of the molecule is Cc1cc(-c2cn(-c3ccccc3)c3ncnc(Cl)c23)cnc1N1CC[C@H](O)C1. The van der Waals surface area contributed by atoms with Gasteiger partial charge in [-0.05, 0) is 37.1 Å². The quantitative estimate of drug-likeness (QED) is 0.521. The van der Waals surface area contributed by atoms with Crippen molar-refractivity contribution in [3.05, 3.63) is 65.8 Å². The summed E-state index contributed by atoms with van der Waals surface area (Å²) >= 11 is 6.48. The van der Waals surface area contributed by atoms with E-state index in [2.05, 4.69) is 20.9 Å². The number of pyridine rings is 1. The molecule has 0 amide bonds. The van der Waals surface area contributed by atoms with Gasteiger partial charge in [0.25, 0.3) is 0 Å². The summed E-state index contributed by atoms with van der Waals surface area (Å²) in [6.45, 7) is 3.49. The zero-order chi connectivity index (χ0) is 20.0.